The molecule has 1 atom stereocenters. The van der Waals surface area contributed by atoms with Crippen molar-refractivity contribution >= 4 is 34.2 Å². The number of halogens is 1. The van der Waals surface area contributed by atoms with Crippen LogP contribution in [0.15, 0.2) is 23.2 Å². The molecule has 0 fully saturated rings. The quantitative estimate of drug-likeness (QED) is 0.910. The fourth-order valence-electron chi connectivity index (χ4n) is 1.59. The molecule has 92 valence electrons. The summed E-state index contributed by atoms with van der Waals surface area (Å²) in [6, 6.07) is 5.51. The zero-order chi connectivity index (χ0) is 12.3. The maximum atomic E-state index is 5.97. The van der Waals surface area contributed by atoms with Crippen molar-refractivity contribution in [1.82, 2.24) is 0 Å². The zero-order valence-electron chi connectivity index (χ0n) is 9.87. The first-order valence-electron chi connectivity index (χ1n) is 5.54. The maximum absolute atomic E-state index is 5.97. The number of amidine groups is 1. The minimum absolute atomic E-state index is 0.586. The third-order valence-corrected chi connectivity index (χ3v) is 4.08. The van der Waals surface area contributed by atoms with E-state index in [9.17, 15) is 0 Å². The molecule has 0 spiro atoms. The number of hydrogen-bond acceptors (Lipinski definition) is 4. The van der Waals surface area contributed by atoms with Crippen LogP contribution in [0.3, 0.4) is 0 Å². The molecule has 1 aliphatic rings. The average molecular weight is 271 g/mol. The molecule has 0 saturated heterocycles. The number of nitrogens with one attached hydrogen (secondary N) is 1. The third-order valence-electron chi connectivity index (χ3n) is 2.58. The van der Waals surface area contributed by atoms with Crippen molar-refractivity contribution in [2.45, 2.75) is 18.6 Å². The number of methoxy groups -OCH3 is 1. The van der Waals surface area contributed by atoms with Gasteiger partial charge in [0.25, 0.3) is 0 Å². The van der Waals surface area contributed by atoms with E-state index >= 15 is 0 Å². The molecule has 2 rings (SSSR count). The molecule has 1 aromatic carbocycles. The van der Waals surface area contributed by atoms with Crippen molar-refractivity contribution in [2.75, 3.05) is 19.0 Å². The molecule has 1 aromatic rings. The number of rotatable bonds is 3. The van der Waals surface area contributed by atoms with Crippen LogP contribution in [0.5, 0.6) is 5.75 Å². The van der Waals surface area contributed by atoms with E-state index in [-0.39, 0.29) is 0 Å². The number of nitrogens with zero attached hydrogens (tertiary/aromatic N) is 1. The molecular formula is C12H15ClN2OS. The van der Waals surface area contributed by atoms with Gasteiger partial charge in [-0.1, -0.05) is 30.3 Å². The molecule has 1 unspecified atom stereocenters. The van der Waals surface area contributed by atoms with Gasteiger partial charge in [-0.2, -0.15) is 0 Å². The Bertz CT molecular complexity index is 437. The third kappa shape index (κ3) is 3.07. The van der Waals surface area contributed by atoms with Gasteiger partial charge in [-0.3, -0.25) is 4.99 Å². The smallest absolute Gasteiger partial charge is 0.161 e. The summed E-state index contributed by atoms with van der Waals surface area (Å²) in [4.78, 5) is 4.46. The van der Waals surface area contributed by atoms with Gasteiger partial charge < -0.3 is 10.1 Å². The molecular weight excluding hydrogens is 256 g/mol. The van der Waals surface area contributed by atoms with Crippen LogP contribution in [-0.2, 0) is 0 Å². The largest absolute Gasteiger partial charge is 0.495 e. The molecule has 5 heteroatoms. The Kier molecular flexibility index (Phi) is 4.18. The van der Waals surface area contributed by atoms with Gasteiger partial charge >= 0.3 is 0 Å². The fourth-order valence-corrected chi connectivity index (χ4v) is 2.71. The second kappa shape index (κ2) is 5.65. The molecule has 0 aliphatic carbocycles. The number of anilines is 1. The summed E-state index contributed by atoms with van der Waals surface area (Å²) in [6.45, 7) is 3.06. The Labute approximate surface area is 111 Å². The van der Waals surface area contributed by atoms with E-state index in [0.29, 0.717) is 10.3 Å². The lowest BCUT2D eigenvalue weighted by Gasteiger charge is -2.11. The summed E-state index contributed by atoms with van der Waals surface area (Å²) >= 11 is 7.74. The van der Waals surface area contributed by atoms with Gasteiger partial charge in [0.2, 0.25) is 0 Å². The van der Waals surface area contributed by atoms with Crippen molar-refractivity contribution in [2.24, 2.45) is 4.99 Å². The predicted molar refractivity (Wildman–Crippen MR) is 75.6 cm³/mol. The summed E-state index contributed by atoms with van der Waals surface area (Å²) in [5.74, 6) is 0.776. The average Bonchev–Trinajstić information content (AvgIpc) is 2.77. The second-order valence-corrected chi connectivity index (χ2v) is 5.49. The highest BCUT2D eigenvalue weighted by atomic mass is 35.5. The molecule has 0 saturated carbocycles. The predicted octanol–water partition coefficient (Wildman–Crippen LogP) is 3.64. The van der Waals surface area contributed by atoms with Crippen LogP contribution in [-0.4, -0.2) is 24.1 Å². The molecule has 17 heavy (non-hydrogen) atoms. The van der Waals surface area contributed by atoms with Crippen LogP contribution < -0.4 is 10.1 Å². The van der Waals surface area contributed by atoms with Crippen LogP contribution in [0, 0.1) is 0 Å². The topological polar surface area (TPSA) is 33.6 Å². The second-order valence-electron chi connectivity index (χ2n) is 3.76. The van der Waals surface area contributed by atoms with Crippen molar-refractivity contribution in [3.05, 3.63) is 23.2 Å². The van der Waals surface area contributed by atoms with Crippen molar-refractivity contribution < 1.29 is 4.74 Å². The SMILES string of the molecule is CCC1CN=C(Nc2cc(Cl)ccc2OC)S1. The molecule has 1 aliphatic heterocycles. The summed E-state index contributed by atoms with van der Waals surface area (Å²) in [5.41, 5.74) is 0.864. The number of thioether (sulfide) groups is 1. The van der Waals surface area contributed by atoms with Gasteiger partial charge in [-0.15, -0.1) is 0 Å². The van der Waals surface area contributed by atoms with E-state index < -0.39 is 0 Å². The summed E-state index contributed by atoms with van der Waals surface area (Å²) in [5, 5.41) is 5.48. The van der Waals surface area contributed by atoms with Crippen molar-refractivity contribution in [3.63, 3.8) is 0 Å². The van der Waals surface area contributed by atoms with Crippen molar-refractivity contribution in [1.29, 1.82) is 0 Å². The van der Waals surface area contributed by atoms with Gasteiger partial charge in [0.05, 0.1) is 19.3 Å². The highest BCUT2D eigenvalue weighted by Gasteiger charge is 2.18. The van der Waals surface area contributed by atoms with Gasteiger partial charge in [0.15, 0.2) is 5.17 Å². The Balaban J connectivity index is 2.11. The number of aliphatic imine (C=N–C) groups is 1. The van der Waals surface area contributed by atoms with Crippen LogP contribution in [0.4, 0.5) is 5.69 Å². The molecule has 0 aromatic heterocycles. The number of hydrogen-bond donors (Lipinski definition) is 1. The molecule has 0 amide bonds. The van der Waals surface area contributed by atoms with E-state index in [2.05, 4.69) is 17.2 Å². The normalized spacial score (nSPS) is 19.0. The van der Waals surface area contributed by atoms with E-state index in [1.54, 1.807) is 18.9 Å². The molecule has 1 heterocycles. The van der Waals surface area contributed by atoms with Crippen LogP contribution in [0.1, 0.15) is 13.3 Å². The Morgan fingerprint density at radius 2 is 2.41 bits per heavy atom. The zero-order valence-corrected chi connectivity index (χ0v) is 11.4. The lowest BCUT2D eigenvalue weighted by molar-refractivity contribution is 0.417. The highest BCUT2D eigenvalue weighted by molar-refractivity contribution is 8.15. The highest BCUT2D eigenvalue weighted by Crippen LogP contribution is 2.31. The molecule has 3 nitrogen and oxygen atoms in total. The maximum Gasteiger partial charge on any atom is 0.161 e. The van der Waals surface area contributed by atoms with E-state index in [1.165, 1.54) is 0 Å². The first-order chi connectivity index (χ1) is 8.22. The minimum Gasteiger partial charge on any atom is -0.495 e. The van der Waals surface area contributed by atoms with Gasteiger partial charge in [0, 0.05) is 10.3 Å². The van der Waals surface area contributed by atoms with Gasteiger partial charge in [0.1, 0.15) is 5.75 Å². The summed E-state index contributed by atoms with van der Waals surface area (Å²) in [6.07, 6.45) is 1.13. The molecule has 1 N–H and O–H groups in total. The van der Waals surface area contributed by atoms with Crippen molar-refractivity contribution in [3.8, 4) is 5.75 Å². The Hall–Kier alpha value is -0.870. The van der Waals surface area contributed by atoms with E-state index in [1.807, 2.05) is 18.2 Å². The first kappa shape index (κ1) is 12.6. The fraction of sp³-hybridized carbons (Fsp3) is 0.417. The summed E-state index contributed by atoms with van der Waals surface area (Å²) in [7, 11) is 1.65. The summed E-state index contributed by atoms with van der Waals surface area (Å²) < 4.78 is 5.28. The van der Waals surface area contributed by atoms with Crippen LogP contribution in [0.25, 0.3) is 0 Å². The lowest BCUT2D eigenvalue weighted by Crippen LogP contribution is -2.08. The van der Waals surface area contributed by atoms with E-state index in [4.69, 9.17) is 16.3 Å². The lowest BCUT2D eigenvalue weighted by atomic mass is 10.3. The Morgan fingerprint density at radius 3 is 3.06 bits per heavy atom. The Morgan fingerprint density at radius 1 is 1.59 bits per heavy atom. The first-order valence-corrected chi connectivity index (χ1v) is 6.80. The molecule has 0 bridgehead atoms. The van der Waals surface area contributed by atoms with Gasteiger partial charge in [-0.25, -0.2) is 0 Å². The molecule has 0 radical (unpaired) electrons. The minimum atomic E-state index is 0.586. The monoisotopic (exact) mass is 270 g/mol. The number of benzene rings is 1. The number of ether oxygens (including phenoxy) is 1. The van der Waals surface area contributed by atoms with E-state index in [0.717, 1.165) is 29.6 Å². The standard InChI is InChI=1S/C12H15ClN2OS/c1-3-9-7-14-12(17-9)15-10-6-8(13)4-5-11(10)16-2/h4-6,9H,3,7H2,1-2H3,(H,14,15). The van der Waals surface area contributed by atoms with Crippen LogP contribution >= 0.6 is 23.4 Å². The van der Waals surface area contributed by atoms with Crippen LogP contribution in [0.2, 0.25) is 5.02 Å². The van der Waals surface area contributed by atoms with Gasteiger partial charge in [-0.05, 0) is 24.6 Å².